The van der Waals surface area contributed by atoms with E-state index in [1.165, 1.54) is 0 Å². The fourth-order valence-electron chi connectivity index (χ4n) is 2.32. The first-order chi connectivity index (χ1) is 11.1. The van der Waals surface area contributed by atoms with Gasteiger partial charge in [-0.05, 0) is 44.4 Å². The summed E-state index contributed by atoms with van der Waals surface area (Å²) in [6, 6.07) is 7.97. The summed E-state index contributed by atoms with van der Waals surface area (Å²) < 4.78 is 5.22. The molecule has 6 heteroatoms. The van der Waals surface area contributed by atoms with Crippen molar-refractivity contribution in [3.05, 3.63) is 41.5 Å². The van der Waals surface area contributed by atoms with Gasteiger partial charge in [0.25, 0.3) is 0 Å². The second kappa shape index (κ2) is 6.81. The summed E-state index contributed by atoms with van der Waals surface area (Å²) in [6.07, 6.45) is 2.73. The van der Waals surface area contributed by atoms with Gasteiger partial charge in [0.05, 0.1) is 13.0 Å². The maximum atomic E-state index is 11.7. The molecule has 0 radical (unpaired) electrons. The average Bonchev–Trinajstić information content (AvgIpc) is 3.25. The highest BCUT2D eigenvalue weighted by Crippen LogP contribution is 2.38. The predicted molar refractivity (Wildman–Crippen MR) is 87.0 cm³/mol. The van der Waals surface area contributed by atoms with E-state index in [1.807, 2.05) is 38.1 Å². The first-order valence-electron chi connectivity index (χ1n) is 8.05. The zero-order valence-electron chi connectivity index (χ0n) is 13.5. The molecule has 2 aromatic rings. The molecule has 1 aromatic carbocycles. The SMILES string of the molecule is CC(C)NC(=O)Cc1ccc(NCc2nc(C3CC3)no2)cc1. The van der Waals surface area contributed by atoms with E-state index in [2.05, 4.69) is 20.8 Å². The van der Waals surface area contributed by atoms with Gasteiger partial charge >= 0.3 is 0 Å². The Kier molecular flexibility index (Phi) is 4.60. The molecule has 1 aliphatic carbocycles. The van der Waals surface area contributed by atoms with Crippen LogP contribution < -0.4 is 10.6 Å². The van der Waals surface area contributed by atoms with Gasteiger partial charge in [-0.25, -0.2) is 0 Å². The van der Waals surface area contributed by atoms with Crippen LogP contribution in [-0.4, -0.2) is 22.1 Å². The number of hydrogen-bond acceptors (Lipinski definition) is 5. The van der Waals surface area contributed by atoms with Crippen LogP contribution in [-0.2, 0) is 17.8 Å². The zero-order chi connectivity index (χ0) is 16.2. The molecule has 2 N–H and O–H groups in total. The van der Waals surface area contributed by atoms with Crippen LogP contribution in [0.3, 0.4) is 0 Å². The third kappa shape index (κ3) is 4.55. The molecular weight excluding hydrogens is 292 g/mol. The average molecular weight is 314 g/mol. The molecule has 1 fully saturated rings. The quantitative estimate of drug-likeness (QED) is 0.821. The summed E-state index contributed by atoms with van der Waals surface area (Å²) in [6.45, 7) is 4.42. The Labute approximate surface area is 135 Å². The van der Waals surface area contributed by atoms with Crippen LogP contribution >= 0.6 is 0 Å². The van der Waals surface area contributed by atoms with Crippen LogP contribution in [0, 0.1) is 0 Å². The monoisotopic (exact) mass is 314 g/mol. The summed E-state index contributed by atoms with van der Waals surface area (Å²) in [5.74, 6) is 1.98. The summed E-state index contributed by atoms with van der Waals surface area (Å²) in [7, 11) is 0. The maximum Gasteiger partial charge on any atom is 0.245 e. The molecule has 0 bridgehead atoms. The molecule has 6 nitrogen and oxygen atoms in total. The Bertz CT molecular complexity index is 659. The van der Waals surface area contributed by atoms with Gasteiger partial charge in [0.1, 0.15) is 0 Å². The Morgan fingerprint density at radius 3 is 2.70 bits per heavy atom. The number of anilines is 1. The second-order valence-electron chi connectivity index (χ2n) is 6.27. The fourth-order valence-corrected chi connectivity index (χ4v) is 2.32. The molecule has 3 rings (SSSR count). The van der Waals surface area contributed by atoms with Crippen molar-refractivity contribution in [2.45, 2.75) is 51.6 Å². The van der Waals surface area contributed by atoms with Crippen LogP contribution in [0.4, 0.5) is 5.69 Å². The van der Waals surface area contributed by atoms with Crippen molar-refractivity contribution in [2.24, 2.45) is 0 Å². The smallest absolute Gasteiger partial charge is 0.245 e. The zero-order valence-corrected chi connectivity index (χ0v) is 13.5. The van der Waals surface area contributed by atoms with Crippen molar-refractivity contribution in [1.29, 1.82) is 0 Å². The van der Waals surface area contributed by atoms with Gasteiger partial charge in [-0.1, -0.05) is 17.3 Å². The van der Waals surface area contributed by atoms with E-state index >= 15 is 0 Å². The van der Waals surface area contributed by atoms with Crippen molar-refractivity contribution in [3.63, 3.8) is 0 Å². The first-order valence-corrected chi connectivity index (χ1v) is 8.05. The lowest BCUT2D eigenvalue weighted by molar-refractivity contribution is -0.120. The molecule has 1 amide bonds. The van der Waals surface area contributed by atoms with Gasteiger partial charge in [-0.3, -0.25) is 4.79 Å². The van der Waals surface area contributed by atoms with E-state index in [-0.39, 0.29) is 11.9 Å². The molecule has 1 aromatic heterocycles. The van der Waals surface area contributed by atoms with Crippen molar-refractivity contribution >= 4 is 11.6 Å². The Morgan fingerprint density at radius 1 is 1.30 bits per heavy atom. The van der Waals surface area contributed by atoms with Crippen molar-refractivity contribution in [3.8, 4) is 0 Å². The Morgan fingerprint density at radius 2 is 2.04 bits per heavy atom. The maximum absolute atomic E-state index is 11.7. The number of carbonyl (C=O) groups excluding carboxylic acids is 1. The molecule has 0 atom stereocenters. The van der Waals surface area contributed by atoms with E-state index < -0.39 is 0 Å². The second-order valence-corrected chi connectivity index (χ2v) is 6.27. The number of carbonyl (C=O) groups is 1. The van der Waals surface area contributed by atoms with E-state index in [0.29, 0.717) is 24.8 Å². The standard InChI is InChI=1S/C17H22N4O2/c1-11(2)19-15(22)9-12-3-7-14(8-4-12)18-10-16-20-17(21-23-16)13-5-6-13/h3-4,7-8,11,13,18H,5-6,9-10H2,1-2H3,(H,19,22). The number of amides is 1. The topological polar surface area (TPSA) is 80.0 Å². The molecule has 0 spiro atoms. The summed E-state index contributed by atoms with van der Waals surface area (Å²) in [5, 5.41) is 10.1. The lowest BCUT2D eigenvalue weighted by atomic mass is 10.1. The third-order valence-electron chi connectivity index (χ3n) is 3.64. The van der Waals surface area contributed by atoms with Crippen LogP contribution in [0.5, 0.6) is 0 Å². The fraction of sp³-hybridized carbons (Fsp3) is 0.471. The highest BCUT2D eigenvalue weighted by molar-refractivity contribution is 5.78. The predicted octanol–water partition coefficient (Wildman–Crippen LogP) is 2.63. The van der Waals surface area contributed by atoms with Crippen molar-refractivity contribution < 1.29 is 9.32 Å². The van der Waals surface area contributed by atoms with Crippen LogP contribution in [0.1, 0.15) is 49.9 Å². The van der Waals surface area contributed by atoms with Gasteiger partial charge in [-0.15, -0.1) is 0 Å². The largest absolute Gasteiger partial charge is 0.376 e. The van der Waals surface area contributed by atoms with E-state index in [0.717, 1.165) is 29.9 Å². The molecule has 1 aliphatic rings. The number of rotatable bonds is 7. The van der Waals surface area contributed by atoms with Gasteiger partial charge in [-0.2, -0.15) is 4.98 Å². The van der Waals surface area contributed by atoms with Gasteiger partial charge in [0, 0.05) is 17.6 Å². The summed E-state index contributed by atoms with van der Waals surface area (Å²) in [5.41, 5.74) is 1.95. The Balaban J connectivity index is 1.49. The van der Waals surface area contributed by atoms with Gasteiger partial charge in [0.2, 0.25) is 11.8 Å². The molecule has 1 saturated carbocycles. The molecule has 0 saturated heterocycles. The minimum Gasteiger partial charge on any atom is -0.376 e. The molecule has 122 valence electrons. The van der Waals surface area contributed by atoms with E-state index in [1.54, 1.807) is 0 Å². The normalized spacial score (nSPS) is 14.0. The minimum atomic E-state index is 0.0409. The third-order valence-corrected chi connectivity index (χ3v) is 3.64. The van der Waals surface area contributed by atoms with Crippen LogP contribution in [0.2, 0.25) is 0 Å². The molecule has 0 aliphatic heterocycles. The summed E-state index contributed by atoms with van der Waals surface area (Å²) >= 11 is 0. The molecule has 23 heavy (non-hydrogen) atoms. The highest BCUT2D eigenvalue weighted by Gasteiger charge is 2.28. The minimum absolute atomic E-state index is 0.0409. The van der Waals surface area contributed by atoms with E-state index in [9.17, 15) is 4.79 Å². The molecule has 0 unspecified atom stereocenters. The van der Waals surface area contributed by atoms with Crippen molar-refractivity contribution in [1.82, 2.24) is 15.5 Å². The van der Waals surface area contributed by atoms with Gasteiger partial charge in [0.15, 0.2) is 5.82 Å². The molecular formula is C17H22N4O2. The highest BCUT2D eigenvalue weighted by atomic mass is 16.5. The first kappa shape index (κ1) is 15.5. The number of benzene rings is 1. The lowest BCUT2D eigenvalue weighted by Gasteiger charge is -2.09. The van der Waals surface area contributed by atoms with Crippen molar-refractivity contribution in [2.75, 3.05) is 5.32 Å². The number of nitrogens with zero attached hydrogens (tertiary/aromatic N) is 2. The Hall–Kier alpha value is -2.37. The number of aromatic nitrogens is 2. The molecule has 1 heterocycles. The van der Waals surface area contributed by atoms with Crippen LogP contribution in [0.15, 0.2) is 28.8 Å². The number of nitrogens with one attached hydrogen (secondary N) is 2. The lowest BCUT2D eigenvalue weighted by Crippen LogP contribution is -2.31. The van der Waals surface area contributed by atoms with Gasteiger partial charge < -0.3 is 15.2 Å². The summed E-state index contributed by atoms with van der Waals surface area (Å²) in [4.78, 5) is 16.1. The number of hydrogen-bond donors (Lipinski definition) is 2. The van der Waals surface area contributed by atoms with Crippen LogP contribution in [0.25, 0.3) is 0 Å². The van der Waals surface area contributed by atoms with E-state index in [4.69, 9.17) is 4.52 Å².